The number of carbonyl (C=O) groups is 1. The monoisotopic (exact) mass is 217 g/mol. The molecule has 2 aliphatic heterocycles. The average Bonchev–Trinajstić information content (AvgIpc) is 2.31. The van der Waals surface area contributed by atoms with E-state index in [0.717, 1.165) is 18.4 Å². The second-order valence-corrected chi connectivity index (χ2v) is 4.72. The van der Waals surface area contributed by atoms with Crippen molar-refractivity contribution in [1.82, 2.24) is 4.90 Å². The first-order chi connectivity index (χ1) is 7.72. The molecule has 0 spiro atoms. The summed E-state index contributed by atoms with van der Waals surface area (Å²) in [5.74, 6) is 0.192. The fourth-order valence-corrected chi connectivity index (χ4v) is 2.88. The standard InChI is InChI=1S/C13H15NO2/c15-12-8-4-7-11-13(16,9-14(11)12)10-5-2-1-3-6-10/h1-3,5-6,11,16H,4,7-9H2/t11-,13-/m0/s1. The molecule has 3 nitrogen and oxygen atoms in total. The predicted octanol–water partition coefficient (Wildman–Crippen LogP) is 1.27. The molecule has 0 saturated carbocycles. The first kappa shape index (κ1) is 9.85. The number of carbonyl (C=O) groups excluding carboxylic acids is 1. The van der Waals surface area contributed by atoms with Crippen LogP contribution < -0.4 is 0 Å². The van der Waals surface area contributed by atoms with Crippen molar-refractivity contribution < 1.29 is 9.90 Å². The van der Waals surface area contributed by atoms with E-state index in [4.69, 9.17) is 0 Å². The van der Waals surface area contributed by atoms with Gasteiger partial charge in [-0.2, -0.15) is 0 Å². The lowest BCUT2D eigenvalue weighted by molar-refractivity contribution is -0.189. The van der Waals surface area contributed by atoms with Gasteiger partial charge in [0.2, 0.25) is 5.91 Å². The van der Waals surface area contributed by atoms with Crippen molar-refractivity contribution in [3.63, 3.8) is 0 Å². The van der Waals surface area contributed by atoms with Gasteiger partial charge in [-0.15, -0.1) is 0 Å². The molecule has 0 bridgehead atoms. The number of rotatable bonds is 1. The fourth-order valence-electron chi connectivity index (χ4n) is 2.88. The molecule has 16 heavy (non-hydrogen) atoms. The topological polar surface area (TPSA) is 40.5 Å². The summed E-state index contributed by atoms with van der Waals surface area (Å²) in [6.07, 6.45) is 2.45. The van der Waals surface area contributed by atoms with Crippen molar-refractivity contribution in [2.45, 2.75) is 30.9 Å². The van der Waals surface area contributed by atoms with Crippen molar-refractivity contribution in [2.75, 3.05) is 6.54 Å². The molecule has 3 heteroatoms. The summed E-state index contributed by atoms with van der Waals surface area (Å²) in [4.78, 5) is 13.4. The second-order valence-electron chi connectivity index (χ2n) is 4.72. The Kier molecular flexibility index (Phi) is 2.04. The van der Waals surface area contributed by atoms with Gasteiger partial charge in [-0.1, -0.05) is 30.3 Å². The lowest BCUT2D eigenvalue weighted by Crippen LogP contribution is -2.70. The molecular formula is C13H15NO2. The minimum absolute atomic E-state index is 0.00356. The molecule has 1 N–H and O–H groups in total. The van der Waals surface area contributed by atoms with Gasteiger partial charge in [0, 0.05) is 6.42 Å². The molecule has 2 aliphatic rings. The molecule has 1 amide bonds. The molecule has 3 rings (SSSR count). The van der Waals surface area contributed by atoms with Crippen molar-refractivity contribution in [3.8, 4) is 0 Å². The SMILES string of the molecule is O=C1CCC[C@@H]2N1C[C@]2(O)c1ccccc1. The van der Waals surface area contributed by atoms with Crippen LogP contribution in [0.1, 0.15) is 24.8 Å². The van der Waals surface area contributed by atoms with Crippen molar-refractivity contribution in [2.24, 2.45) is 0 Å². The molecule has 2 saturated heterocycles. The maximum absolute atomic E-state index is 11.6. The van der Waals surface area contributed by atoms with E-state index >= 15 is 0 Å². The van der Waals surface area contributed by atoms with Gasteiger partial charge in [0.15, 0.2) is 0 Å². The van der Waals surface area contributed by atoms with Gasteiger partial charge in [0.05, 0.1) is 12.6 Å². The Hall–Kier alpha value is -1.35. The van der Waals surface area contributed by atoms with E-state index in [0.29, 0.717) is 13.0 Å². The van der Waals surface area contributed by atoms with Gasteiger partial charge in [-0.25, -0.2) is 0 Å². The predicted molar refractivity (Wildman–Crippen MR) is 59.7 cm³/mol. The maximum Gasteiger partial charge on any atom is 0.223 e. The highest BCUT2D eigenvalue weighted by Crippen LogP contribution is 2.43. The van der Waals surface area contributed by atoms with Gasteiger partial charge in [0.25, 0.3) is 0 Å². The van der Waals surface area contributed by atoms with E-state index in [1.807, 2.05) is 35.2 Å². The summed E-state index contributed by atoms with van der Waals surface area (Å²) in [5.41, 5.74) is 0.128. The van der Waals surface area contributed by atoms with Crippen LogP contribution in [0.4, 0.5) is 0 Å². The third-order valence-electron chi connectivity index (χ3n) is 3.80. The Morgan fingerprint density at radius 1 is 1.31 bits per heavy atom. The molecule has 0 unspecified atom stereocenters. The number of hydrogen-bond donors (Lipinski definition) is 1. The van der Waals surface area contributed by atoms with Gasteiger partial charge >= 0.3 is 0 Å². The summed E-state index contributed by atoms with van der Waals surface area (Å²) in [6.45, 7) is 0.459. The Morgan fingerprint density at radius 2 is 2.06 bits per heavy atom. The van der Waals surface area contributed by atoms with Crippen LogP contribution in [-0.2, 0) is 10.4 Å². The normalized spacial score (nSPS) is 33.2. The Morgan fingerprint density at radius 3 is 2.81 bits per heavy atom. The highest BCUT2D eigenvalue weighted by Gasteiger charge is 2.55. The molecular weight excluding hydrogens is 202 g/mol. The maximum atomic E-state index is 11.6. The van der Waals surface area contributed by atoms with Gasteiger partial charge in [-0.05, 0) is 18.4 Å². The Balaban J connectivity index is 1.89. The van der Waals surface area contributed by atoms with Crippen LogP contribution in [0.2, 0.25) is 0 Å². The van der Waals surface area contributed by atoms with Crippen molar-refractivity contribution >= 4 is 5.91 Å². The zero-order chi connectivity index (χ0) is 11.2. The Bertz CT molecular complexity index is 417. The largest absolute Gasteiger partial charge is 0.381 e. The van der Waals surface area contributed by atoms with Crippen LogP contribution in [0.3, 0.4) is 0 Å². The van der Waals surface area contributed by atoms with Gasteiger partial charge in [0.1, 0.15) is 5.60 Å². The molecule has 2 fully saturated rings. The van der Waals surface area contributed by atoms with Crippen LogP contribution in [0.25, 0.3) is 0 Å². The minimum Gasteiger partial charge on any atom is -0.381 e. The summed E-state index contributed by atoms with van der Waals surface area (Å²) in [7, 11) is 0. The molecule has 2 heterocycles. The molecule has 1 aromatic rings. The third kappa shape index (κ3) is 1.21. The van der Waals surface area contributed by atoms with Crippen molar-refractivity contribution in [3.05, 3.63) is 35.9 Å². The van der Waals surface area contributed by atoms with E-state index in [1.165, 1.54) is 0 Å². The summed E-state index contributed by atoms with van der Waals surface area (Å²) in [6, 6.07) is 9.68. The molecule has 1 aromatic carbocycles. The molecule has 0 aliphatic carbocycles. The fraction of sp³-hybridized carbons (Fsp3) is 0.462. The number of fused-ring (bicyclic) bond motifs is 1. The van der Waals surface area contributed by atoms with E-state index < -0.39 is 5.60 Å². The molecule has 0 radical (unpaired) electrons. The van der Waals surface area contributed by atoms with Crippen LogP contribution in [0.15, 0.2) is 30.3 Å². The summed E-state index contributed by atoms with van der Waals surface area (Å²) >= 11 is 0. The van der Waals surface area contributed by atoms with Crippen molar-refractivity contribution in [1.29, 1.82) is 0 Å². The van der Waals surface area contributed by atoms with Crippen LogP contribution in [0, 0.1) is 0 Å². The van der Waals surface area contributed by atoms with Crippen LogP contribution in [-0.4, -0.2) is 28.5 Å². The number of piperidine rings is 1. The number of hydrogen-bond acceptors (Lipinski definition) is 2. The van der Waals surface area contributed by atoms with E-state index in [9.17, 15) is 9.90 Å². The third-order valence-corrected chi connectivity index (χ3v) is 3.80. The molecule has 2 atom stereocenters. The van der Waals surface area contributed by atoms with Crippen LogP contribution >= 0.6 is 0 Å². The first-order valence-electron chi connectivity index (χ1n) is 5.79. The lowest BCUT2D eigenvalue weighted by Gasteiger charge is -2.56. The first-order valence-corrected chi connectivity index (χ1v) is 5.79. The van der Waals surface area contributed by atoms with E-state index in [1.54, 1.807) is 0 Å². The smallest absolute Gasteiger partial charge is 0.223 e. The van der Waals surface area contributed by atoms with Gasteiger partial charge in [-0.3, -0.25) is 4.79 Å². The highest BCUT2D eigenvalue weighted by molar-refractivity contribution is 5.79. The van der Waals surface area contributed by atoms with Crippen LogP contribution in [0.5, 0.6) is 0 Å². The number of benzene rings is 1. The summed E-state index contributed by atoms with van der Waals surface area (Å²) in [5, 5.41) is 10.6. The zero-order valence-electron chi connectivity index (χ0n) is 9.10. The Labute approximate surface area is 94.7 Å². The van der Waals surface area contributed by atoms with E-state index in [-0.39, 0.29) is 11.9 Å². The zero-order valence-corrected chi connectivity index (χ0v) is 9.10. The highest BCUT2D eigenvalue weighted by atomic mass is 16.3. The number of amides is 1. The van der Waals surface area contributed by atoms with E-state index in [2.05, 4.69) is 0 Å². The quantitative estimate of drug-likeness (QED) is 0.769. The summed E-state index contributed by atoms with van der Waals surface area (Å²) < 4.78 is 0. The molecule has 84 valence electrons. The molecule has 0 aromatic heterocycles. The van der Waals surface area contributed by atoms with Gasteiger partial charge < -0.3 is 10.0 Å². The number of aliphatic hydroxyl groups is 1. The lowest BCUT2D eigenvalue weighted by atomic mass is 9.73. The average molecular weight is 217 g/mol. The number of nitrogens with zero attached hydrogens (tertiary/aromatic N) is 1. The second kappa shape index (κ2) is 3.32. The minimum atomic E-state index is -0.808.